The first-order valence-corrected chi connectivity index (χ1v) is 7.77. The van der Waals surface area contributed by atoms with Crippen molar-refractivity contribution in [3.05, 3.63) is 21.9 Å². The van der Waals surface area contributed by atoms with Gasteiger partial charge in [0.05, 0.1) is 5.60 Å². The maximum atomic E-state index is 10.7. The fraction of sp³-hybridized carbons (Fsp3) is 0.733. The summed E-state index contributed by atoms with van der Waals surface area (Å²) in [5, 5.41) is 10.7. The van der Waals surface area contributed by atoms with Crippen molar-refractivity contribution in [1.29, 1.82) is 0 Å². The largest absolute Gasteiger partial charge is 0.390 e. The van der Waals surface area contributed by atoms with Gasteiger partial charge in [-0.15, -0.1) is 11.3 Å². The fourth-order valence-corrected chi connectivity index (χ4v) is 4.10. The molecule has 0 bridgehead atoms. The average Bonchev–Trinajstić information content (AvgIpc) is 2.76. The molecule has 2 heteroatoms. The second-order valence-electron chi connectivity index (χ2n) is 5.49. The molecule has 0 amide bonds. The van der Waals surface area contributed by atoms with E-state index in [2.05, 4.69) is 26.0 Å². The summed E-state index contributed by atoms with van der Waals surface area (Å²) in [6.07, 6.45) is 7.69. The third-order valence-corrected chi connectivity index (χ3v) is 5.30. The van der Waals surface area contributed by atoms with E-state index in [1.807, 2.05) is 11.3 Å². The van der Waals surface area contributed by atoms with Gasteiger partial charge >= 0.3 is 0 Å². The summed E-state index contributed by atoms with van der Waals surface area (Å²) >= 11 is 1.87. The van der Waals surface area contributed by atoms with Crippen LogP contribution in [0.3, 0.4) is 0 Å². The molecule has 1 heterocycles. The van der Waals surface area contributed by atoms with Crippen LogP contribution in [-0.4, -0.2) is 10.7 Å². The maximum Gasteiger partial charge on any atom is 0.0698 e. The van der Waals surface area contributed by atoms with Crippen molar-refractivity contribution in [2.75, 3.05) is 0 Å². The molecule has 1 aliphatic rings. The van der Waals surface area contributed by atoms with E-state index in [1.165, 1.54) is 29.0 Å². The van der Waals surface area contributed by atoms with Crippen LogP contribution in [-0.2, 0) is 12.8 Å². The standard InChI is InChI=1S/C15H24OS/c1-3-12-6-5-9-15(16,10-12)11-14-8-7-13(4-2)17-14/h7-8,12,16H,3-6,9-11H2,1-2H3. The number of aryl methyl sites for hydroxylation is 1. The molecule has 96 valence electrons. The fourth-order valence-electron chi connectivity index (χ4n) is 3.00. The van der Waals surface area contributed by atoms with E-state index in [0.29, 0.717) is 0 Å². The monoisotopic (exact) mass is 252 g/mol. The zero-order valence-corrected chi connectivity index (χ0v) is 11.9. The van der Waals surface area contributed by atoms with Crippen molar-refractivity contribution < 1.29 is 5.11 Å². The van der Waals surface area contributed by atoms with Crippen molar-refractivity contribution in [3.63, 3.8) is 0 Å². The molecule has 2 rings (SSSR count). The first-order valence-electron chi connectivity index (χ1n) is 6.95. The van der Waals surface area contributed by atoms with E-state index >= 15 is 0 Å². The lowest BCUT2D eigenvalue weighted by Gasteiger charge is -2.36. The van der Waals surface area contributed by atoms with Crippen LogP contribution in [0.1, 0.15) is 55.7 Å². The van der Waals surface area contributed by atoms with Crippen LogP contribution < -0.4 is 0 Å². The lowest BCUT2D eigenvalue weighted by atomic mass is 9.75. The molecule has 2 unspecified atom stereocenters. The first kappa shape index (κ1) is 13.1. The molecule has 0 saturated heterocycles. The van der Waals surface area contributed by atoms with Crippen molar-refractivity contribution in [2.45, 2.75) is 64.4 Å². The molecule has 1 aromatic rings. The van der Waals surface area contributed by atoms with Crippen molar-refractivity contribution in [1.82, 2.24) is 0 Å². The molecule has 1 N–H and O–H groups in total. The molecule has 1 nitrogen and oxygen atoms in total. The van der Waals surface area contributed by atoms with E-state index in [4.69, 9.17) is 0 Å². The minimum absolute atomic E-state index is 0.422. The Morgan fingerprint density at radius 1 is 1.35 bits per heavy atom. The zero-order valence-electron chi connectivity index (χ0n) is 11.0. The van der Waals surface area contributed by atoms with E-state index in [1.54, 1.807) is 0 Å². The van der Waals surface area contributed by atoms with Crippen LogP contribution in [0, 0.1) is 5.92 Å². The van der Waals surface area contributed by atoms with Gasteiger partial charge in [-0.2, -0.15) is 0 Å². The first-order chi connectivity index (χ1) is 8.15. The Balaban J connectivity index is 2.00. The summed E-state index contributed by atoms with van der Waals surface area (Å²) in [4.78, 5) is 2.80. The number of thiophene rings is 1. The lowest BCUT2D eigenvalue weighted by Crippen LogP contribution is -2.37. The highest BCUT2D eigenvalue weighted by atomic mass is 32.1. The minimum Gasteiger partial charge on any atom is -0.390 e. The summed E-state index contributed by atoms with van der Waals surface area (Å²) in [7, 11) is 0. The van der Waals surface area contributed by atoms with Gasteiger partial charge in [0.1, 0.15) is 0 Å². The van der Waals surface area contributed by atoms with Gasteiger partial charge in [-0.05, 0) is 37.3 Å². The topological polar surface area (TPSA) is 20.2 Å². The minimum atomic E-state index is -0.422. The third kappa shape index (κ3) is 3.32. The lowest BCUT2D eigenvalue weighted by molar-refractivity contribution is -0.0155. The van der Waals surface area contributed by atoms with Gasteiger partial charge in [0.15, 0.2) is 0 Å². The van der Waals surface area contributed by atoms with Crippen LogP contribution >= 0.6 is 11.3 Å². The number of hydrogen-bond acceptors (Lipinski definition) is 2. The van der Waals surface area contributed by atoms with Gasteiger partial charge in [-0.3, -0.25) is 0 Å². The van der Waals surface area contributed by atoms with Crippen molar-refractivity contribution >= 4 is 11.3 Å². The highest BCUT2D eigenvalue weighted by Crippen LogP contribution is 2.37. The molecule has 17 heavy (non-hydrogen) atoms. The molecule has 0 spiro atoms. The quantitative estimate of drug-likeness (QED) is 0.852. The van der Waals surface area contributed by atoms with Crippen molar-refractivity contribution in [3.8, 4) is 0 Å². The van der Waals surface area contributed by atoms with Gasteiger partial charge < -0.3 is 5.11 Å². The molecule has 1 fully saturated rings. The molecule has 0 aromatic carbocycles. The van der Waals surface area contributed by atoms with Crippen LogP contribution in [0.2, 0.25) is 0 Å². The molecule has 1 aliphatic carbocycles. The highest BCUT2D eigenvalue weighted by molar-refractivity contribution is 7.12. The second-order valence-corrected chi connectivity index (χ2v) is 6.75. The van der Waals surface area contributed by atoms with Crippen LogP contribution in [0.4, 0.5) is 0 Å². The zero-order chi connectivity index (χ0) is 12.3. The molecule has 0 aliphatic heterocycles. The number of hydrogen-bond donors (Lipinski definition) is 1. The van der Waals surface area contributed by atoms with Gasteiger partial charge in [0.25, 0.3) is 0 Å². The molecular formula is C15H24OS. The average molecular weight is 252 g/mol. The van der Waals surface area contributed by atoms with Gasteiger partial charge in [-0.1, -0.05) is 33.1 Å². The summed E-state index contributed by atoms with van der Waals surface area (Å²) < 4.78 is 0. The maximum absolute atomic E-state index is 10.7. The normalized spacial score (nSPS) is 29.5. The Labute approximate surface area is 109 Å². The second kappa shape index (κ2) is 5.53. The van der Waals surface area contributed by atoms with E-state index in [0.717, 1.165) is 31.6 Å². The van der Waals surface area contributed by atoms with Crippen molar-refractivity contribution in [2.24, 2.45) is 5.92 Å². The summed E-state index contributed by atoms with van der Waals surface area (Å²) in [6, 6.07) is 4.42. The summed E-state index contributed by atoms with van der Waals surface area (Å²) in [5.74, 6) is 0.736. The Kier molecular flexibility index (Phi) is 4.26. The van der Waals surface area contributed by atoms with E-state index < -0.39 is 5.60 Å². The molecule has 1 aromatic heterocycles. The Bertz CT molecular complexity index is 358. The number of aliphatic hydroxyl groups is 1. The summed E-state index contributed by atoms with van der Waals surface area (Å²) in [5.41, 5.74) is -0.422. The van der Waals surface area contributed by atoms with Gasteiger partial charge in [0.2, 0.25) is 0 Å². The number of rotatable bonds is 4. The van der Waals surface area contributed by atoms with Crippen LogP contribution in [0.25, 0.3) is 0 Å². The SMILES string of the molecule is CCc1ccc(CC2(O)CCCC(CC)C2)s1. The Morgan fingerprint density at radius 3 is 2.76 bits per heavy atom. The van der Waals surface area contributed by atoms with Crippen LogP contribution in [0.5, 0.6) is 0 Å². The predicted molar refractivity (Wildman–Crippen MR) is 74.6 cm³/mol. The Morgan fingerprint density at radius 2 is 2.12 bits per heavy atom. The summed E-state index contributed by atoms with van der Waals surface area (Å²) in [6.45, 7) is 4.44. The van der Waals surface area contributed by atoms with Crippen LogP contribution in [0.15, 0.2) is 12.1 Å². The molecular weight excluding hydrogens is 228 g/mol. The smallest absolute Gasteiger partial charge is 0.0698 e. The van der Waals surface area contributed by atoms with E-state index in [9.17, 15) is 5.11 Å². The Hall–Kier alpha value is -0.340. The van der Waals surface area contributed by atoms with Gasteiger partial charge in [0, 0.05) is 16.2 Å². The van der Waals surface area contributed by atoms with Gasteiger partial charge in [-0.25, -0.2) is 0 Å². The predicted octanol–water partition coefficient (Wildman–Crippen LogP) is 4.18. The third-order valence-electron chi connectivity index (χ3n) is 4.07. The molecule has 0 radical (unpaired) electrons. The van der Waals surface area contributed by atoms with E-state index in [-0.39, 0.29) is 0 Å². The highest BCUT2D eigenvalue weighted by Gasteiger charge is 2.33. The molecule has 1 saturated carbocycles. The molecule has 2 atom stereocenters.